The molecule has 0 aromatic heterocycles. The summed E-state index contributed by atoms with van der Waals surface area (Å²) in [4.78, 5) is 36.2. The molecule has 0 radical (unpaired) electrons. The number of aliphatic carboxylic acids is 1. The Morgan fingerprint density at radius 3 is 2.52 bits per heavy atom. The largest absolute Gasteiger partial charge is 0.478 e. The van der Waals surface area contributed by atoms with Gasteiger partial charge in [-0.1, -0.05) is 19.9 Å². The Morgan fingerprint density at radius 2 is 1.90 bits per heavy atom. The standard InChI is InChI=1S/C20H29NO10/c1-3-12(4-2)30-15(23)8-13(22)20(28)29-10-14-16(24)17(25)18(31-14)21-7-5-6-11(9-21)19(26)27/h5,7,9,12-14,16-18,22,24-25H,3-4,6,8,10H2,1-2H3,(H,26,27)/t13-,14+,16+,17+,18+/m0/s1. The topological polar surface area (TPSA) is 163 Å². The number of allylic oxidation sites excluding steroid dienone is 1. The molecular formula is C20H29NO10. The highest BCUT2D eigenvalue weighted by Gasteiger charge is 2.45. The van der Waals surface area contributed by atoms with Crippen LogP contribution in [-0.4, -0.2) is 86.6 Å². The van der Waals surface area contributed by atoms with Crippen molar-refractivity contribution in [1.29, 1.82) is 0 Å². The Hall–Kier alpha value is -2.47. The van der Waals surface area contributed by atoms with Crippen LogP contribution in [0.3, 0.4) is 0 Å². The first-order valence-electron chi connectivity index (χ1n) is 10.1. The summed E-state index contributed by atoms with van der Waals surface area (Å²) in [5, 5.41) is 39.4. The summed E-state index contributed by atoms with van der Waals surface area (Å²) in [7, 11) is 0. The van der Waals surface area contributed by atoms with Gasteiger partial charge in [-0.2, -0.15) is 0 Å². The molecule has 2 rings (SSSR count). The number of ether oxygens (including phenoxy) is 3. The Kier molecular flexibility index (Phi) is 8.99. The maximum Gasteiger partial charge on any atom is 0.335 e. The lowest BCUT2D eigenvalue weighted by Crippen LogP contribution is -2.40. The van der Waals surface area contributed by atoms with Crippen molar-refractivity contribution in [2.75, 3.05) is 6.61 Å². The molecule has 0 bridgehead atoms. The van der Waals surface area contributed by atoms with E-state index in [0.29, 0.717) is 12.8 Å². The molecule has 174 valence electrons. The number of carboxylic acids is 1. The Labute approximate surface area is 179 Å². The first-order valence-corrected chi connectivity index (χ1v) is 10.1. The van der Waals surface area contributed by atoms with Crippen LogP contribution in [0.25, 0.3) is 0 Å². The van der Waals surface area contributed by atoms with Gasteiger partial charge in [0.25, 0.3) is 0 Å². The van der Waals surface area contributed by atoms with Gasteiger partial charge < -0.3 is 39.5 Å². The van der Waals surface area contributed by atoms with Crippen molar-refractivity contribution < 1.29 is 49.0 Å². The van der Waals surface area contributed by atoms with Crippen molar-refractivity contribution in [3.8, 4) is 0 Å². The second-order valence-corrected chi connectivity index (χ2v) is 7.32. The van der Waals surface area contributed by atoms with Crippen molar-refractivity contribution in [3.05, 3.63) is 24.0 Å². The number of aliphatic hydroxyl groups excluding tert-OH is 3. The molecule has 0 aliphatic carbocycles. The van der Waals surface area contributed by atoms with E-state index in [-0.39, 0.29) is 18.1 Å². The van der Waals surface area contributed by atoms with Crippen molar-refractivity contribution in [3.63, 3.8) is 0 Å². The number of hydrogen-bond acceptors (Lipinski definition) is 10. The third-order valence-corrected chi connectivity index (χ3v) is 5.06. The highest BCUT2D eigenvalue weighted by molar-refractivity contribution is 5.87. The lowest BCUT2D eigenvalue weighted by molar-refractivity contribution is -0.166. The van der Waals surface area contributed by atoms with Crippen LogP contribution in [0, 0.1) is 0 Å². The molecule has 0 saturated carbocycles. The number of carbonyl (C=O) groups is 3. The second kappa shape index (κ2) is 11.2. The number of esters is 2. The first kappa shape index (κ1) is 24.8. The number of carboxylic acid groups (broad SMARTS) is 1. The fourth-order valence-corrected chi connectivity index (χ4v) is 3.18. The van der Waals surface area contributed by atoms with E-state index >= 15 is 0 Å². The van der Waals surface area contributed by atoms with E-state index in [2.05, 4.69) is 0 Å². The molecule has 0 aromatic carbocycles. The molecule has 2 heterocycles. The lowest BCUT2D eigenvalue weighted by atomic mass is 10.1. The number of nitrogens with zero attached hydrogens (tertiary/aromatic N) is 1. The fourth-order valence-electron chi connectivity index (χ4n) is 3.18. The third-order valence-electron chi connectivity index (χ3n) is 5.06. The van der Waals surface area contributed by atoms with Gasteiger partial charge in [0.15, 0.2) is 12.3 Å². The molecule has 0 amide bonds. The van der Waals surface area contributed by atoms with E-state index in [1.165, 1.54) is 17.3 Å². The lowest BCUT2D eigenvalue weighted by Gasteiger charge is -2.28. The molecule has 2 aliphatic heterocycles. The average Bonchev–Trinajstić information content (AvgIpc) is 3.04. The van der Waals surface area contributed by atoms with Gasteiger partial charge in [0.05, 0.1) is 12.0 Å². The van der Waals surface area contributed by atoms with Crippen molar-refractivity contribution in [2.24, 2.45) is 0 Å². The highest BCUT2D eigenvalue weighted by atomic mass is 16.6. The highest BCUT2D eigenvalue weighted by Crippen LogP contribution is 2.27. The smallest absolute Gasteiger partial charge is 0.335 e. The van der Waals surface area contributed by atoms with Gasteiger partial charge in [-0.05, 0) is 12.8 Å². The Morgan fingerprint density at radius 1 is 1.23 bits per heavy atom. The van der Waals surface area contributed by atoms with Gasteiger partial charge in [-0.25, -0.2) is 9.59 Å². The predicted molar refractivity (Wildman–Crippen MR) is 104 cm³/mol. The Balaban J connectivity index is 1.87. The summed E-state index contributed by atoms with van der Waals surface area (Å²) < 4.78 is 15.6. The fraction of sp³-hybridized carbons (Fsp3) is 0.650. The summed E-state index contributed by atoms with van der Waals surface area (Å²) in [5.41, 5.74) is 0.0751. The molecule has 2 aliphatic rings. The minimum atomic E-state index is -1.74. The van der Waals surface area contributed by atoms with E-state index in [9.17, 15) is 29.7 Å². The molecule has 0 unspecified atom stereocenters. The zero-order valence-electron chi connectivity index (χ0n) is 17.4. The SMILES string of the molecule is CCC(CC)OC(=O)C[C@H](O)C(=O)OC[C@H]1O[C@@H](N2C=CCC(C(=O)O)=C2)[C@H](O)[C@@H]1O. The molecule has 0 spiro atoms. The van der Waals surface area contributed by atoms with Crippen LogP contribution >= 0.6 is 0 Å². The van der Waals surface area contributed by atoms with Gasteiger partial charge in [-0.3, -0.25) is 4.79 Å². The summed E-state index contributed by atoms with van der Waals surface area (Å²) in [6, 6.07) is 0. The van der Waals surface area contributed by atoms with Gasteiger partial charge in [0.2, 0.25) is 0 Å². The number of rotatable bonds is 10. The zero-order chi connectivity index (χ0) is 23.1. The summed E-state index contributed by atoms with van der Waals surface area (Å²) in [6.07, 6.45) is -1.87. The number of carbonyl (C=O) groups excluding carboxylic acids is 2. The van der Waals surface area contributed by atoms with Crippen LogP contribution < -0.4 is 0 Å². The van der Waals surface area contributed by atoms with E-state index in [4.69, 9.17) is 19.3 Å². The number of aliphatic hydroxyl groups is 3. The molecular weight excluding hydrogens is 414 g/mol. The summed E-state index contributed by atoms with van der Waals surface area (Å²) in [6.45, 7) is 3.20. The van der Waals surface area contributed by atoms with Gasteiger partial charge >= 0.3 is 17.9 Å². The van der Waals surface area contributed by atoms with Crippen LogP contribution in [0.4, 0.5) is 0 Å². The van der Waals surface area contributed by atoms with Gasteiger partial charge in [0.1, 0.15) is 31.0 Å². The van der Waals surface area contributed by atoms with Crippen LogP contribution in [0.15, 0.2) is 24.0 Å². The quantitative estimate of drug-likeness (QED) is 0.326. The minimum absolute atomic E-state index is 0.0751. The maximum absolute atomic E-state index is 12.0. The molecule has 0 aromatic rings. The molecule has 4 N–H and O–H groups in total. The summed E-state index contributed by atoms with van der Waals surface area (Å²) >= 11 is 0. The van der Waals surface area contributed by atoms with Crippen molar-refractivity contribution in [2.45, 2.75) is 76.3 Å². The molecule has 1 fully saturated rings. The van der Waals surface area contributed by atoms with Crippen molar-refractivity contribution >= 4 is 17.9 Å². The van der Waals surface area contributed by atoms with Crippen LogP contribution in [0.5, 0.6) is 0 Å². The van der Waals surface area contributed by atoms with Crippen molar-refractivity contribution in [1.82, 2.24) is 4.90 Å². The number of hydrogen-bond donors (Lipinski definition) is 4. The normalized spacial score (nSPS) is 26.5. The van der Waals surface area contributed by atoms with Gasteiger partial charge in [-0.15, -0.1) is 0 Å². The minimum Gasteiger partial charge on any atom is -0.478 e. The molecule has 11 heteroatoms. The van der Waals surface area contributed by atoms with E-state index in [0.717, 1.165) is 0 Å². The maximum atomic E-state index is 12.0. The van der Waals surface area contributed by atoms with Crippen LogP contribution in [-0.2, 0) is 28.6 Å². The second-order valence-electron chi connectivity index (χ2n) is 7.32. The van der Waals surface area contributed by atoms with E-state index in [1.807, 2.05) is 13.8 Å². The average molecular weight is 443 g/mol. The predicted octanol–water partition coefficient (Wildman–Crippen LogP) is -0.353. The third kappa shape index (κ3) is 6.50. The molecule has 5 atom stereocenters. The monoisotopic (exact) mass is 443 g/mol. The Bertz CT molecular complexity index is 717. The van der Waals surface area contributed by atoms with Crippen LogP contribution in [0.2, 0.25) is 0 Å². The molecule has 1 saturated heterocycles. The molecule has 31 heavy (non-hydrogen) atoms. The van der Waals surface area contributed by atoms with E-state index < -0.39 is 61.6 Å². The van der Waals surface area contributed by atoms with Gasteiger partial charge in [0, 0.05) is 18.8 Å². The summed E-state index contributed by atoms with van der Waals surface area (Å²) in [5.74, 6) is -2.95. The zero-order valence-corrected chi connectivity index (χ0v) is 17.4. The first-order chi connectivity index (χ1) is 14.7. The molecule has 11 nitrogen and oxygen atoms in total. The van der Waals surface area contributed by atoms with Crippen LogP contribution in [0.1, 0.15) is 39.5 Å². The van der Waals surface area contributed by atoms with E-state index in [1.54, 1.807) is 6.08 Å².